The number of thiazole rings is 1. The number of carbonyl (C=O) groups excluding carboxylic acids is 3. The van der Waals surface area contributed by atoms with Gasteiger partial charge < -0.3 is 20.6 Å². The number of hydrogen-bond donors (Lipinski definition) is 3. The van der Waals surface area contributed by atoms with E-state index in [0.29, 0.717) is 6.08 Å². The number of oxime groups is 1. The van der Waals surface area contributed by atoms with E-state index in [1.54, 1.807) is 0 Å². The summed E-state index contributed by atoms with van der Waals surface area (Å²) in [5.41, 5.74) is -1.09. The molecule has 0 aliphatic carbocycles. The Labute approximate surface area is 208 Å². The maximum atomic E-state index is 12.8. The van der Waals surface area contributed by atoms with Crippen LogP contribution in [-0.2, 0) is 24.0 Å². The standard InChI is InChI=1S/C18H15ClF3N5O6S2/c1-33-26-10(8-6-35-17(23-8)24-9(28)4-19)13(29)25-11-14(30)27-12(16(31)32)7(5-34-15(11)27)2-3-18(20,21)22/h2-3,6,11,15H,4-5H2,1H3,(H,25,29)(H,31,32)(H,23,24,28)/t11?,15-/m0/s1. The average Bonchev–Trinajstić information content (AvgIpc) is 3.25. The molecule has 0 saturated carbocycles. The van der Waals surface area contributed by atoms with Crippen LogP contribution in [0.2, 0.25) is 0 Å². The molecule has 3 N–H and O–H groups in total. The van der Waals surface area contributed by atoms with E-state index in [0.717, 1.165) is 28.0 Å². The second kappa shape index (κ2) is 10.7. The number of aromatic nitrogens is 1. The molecule has 3 rings (SSSR count). The zero-order valence-electron chi connectivity index (χ0n) is 17.5. The third kappa shape index (κ3) is 5.94. The van der Waals surface area contributed by atoms with Crippen molar-refractivity contribution in [3.63, 3.8) is 0 Å². The number of anilines is 1. The van der Waals surface area contributed by atoms with E-state index in [2.05, 4.69) is 25.6 Å². The minimum Gasteiger partial charge on any atom is -0.477 e. The van der Waals surface area contributed by atoms with E-state index in [4.69, 9.17) is 11.6 Å². The Balaban J connectivity index is 1.78. The Morgan fingerprint density at radius 1 is 1.43 bits per heavy atom. The van der Waals surface area contributed by atoms with Crippen molar-refractivity contribution in [1.29, 1.82) is 0 Å². The Morgan fingerprint density at radius 2 is 2.14 bits per heavy atom. The van der Waals surface area contributed by atoms with Crippen LogP contribution in [0, 0.1) is 0 Å². The molecule has 2 aliphatic rings. The van der Waals surface area contributed by atoms with Crippen LogP contribution >= 0.6 is 34.7 Å². The van der Waals surface area contributed by atoms with Crippen LogP contribution in [0.4, 0.5) is 18.3 Å². The van der Waals surface area contributed by atoms with Crippen molar-refractivity contribution in [3.05, 3.63) is 34.5 Å². The lowest BCUT2D eigenvalue weighted by molar-refractivity contribution is -0.150. The number of alkyl halides is 4. The molecule has 0 spiro atoms. The first kappa shape index (κ1) is 26.5. The molecule has 188 valence electrons. The van der Waals surface area contributed by atoms with Gasteiger partial charge in [0.15, 0.2) is 10.8 Å². The van der Waals surface area contributed by atoms with Gasteiger partial charge in [0.25, 0.3) is 11.8 Å². The average molecular weight is 554 g/mol. The number of nitrogens with one attached hydrogen (secondary N) is 2. The Hall–Kier alpha value is -3.11. The Morgan fingerprint density at radius 3 is 2.74 bits per heavy atom. The third-order valence-electron chi connectivity index (χ3n) is 4.47. The Bertz CT molecular complexity index is 1150. The minimum atomic E-state index is -4.66. The number of carboxylic acid groups (broad SMARTS) is 1. The van der Waals surface area contributed by atoms with Crippen LogP contribution in [0.15, 0.2) is 34.0 Å². The topological polar surface area (TPSA) is 150 Å². The Kier molecular flexibility index (Phi) is 8.07. The smallest absolute Gasteiger partial charge is 0.409 e. The van der Waals surface area contributed by atoms with Gasteiger partial charge in [-0.1, -0.05) is 11.2 Å². The van der Waals surface area contributed by atoms with Gasteiger partial charge in [-0.05, 0) is 5.57 Å². The molecule has 3 amide bonds. The number of allylic oxidation sites excluding steroid dienone is 2. The first-order valence-corrected chi connectivity index (χ1v) is 11.8. The molecule has 3 heterocycles. The third-order valence-corrected chi connectivity index (χ3v) is 6.78. The summed E-state index contributed by atoms with van der Waals surface area (Å²) in [7, 11) is 1.17. The number of nitrogens with zero attached hydrogens (tertiary/aromatic N) is 3. The van der Waals surface area contributed by atoms with Crippen LogP contribution in [-0.4, -0.2) is 80.7 Å². The van der Waals surface area contributed by atoms with E-state index in [-0.39, 0.29) is 39.8 Å². The van der Waals surface area contributed by atoms with E-state index >= 15 is 0 Å². The van der Waals surface area contributed by atoms with Crippen LogP contribution in [0.25, 0.3) is 0 Å². The van der Waals surface area contributed by atoms with Crippen LogP contribution < -0.4 is 10.6 Å². The van der Waals surface area contributed by atoms with Crippen molar-refractivity contribution in [2.45, 2.75) is 17.6 Å². The second-order valence-electron chi connectivity index (χ2n) is 6.76. The fraction of sp³-hybridized carbons (Fsp3) is 0.333. The number of halogens is 4. The summed E-state index contributed by atoms with van der Waals surface area (Å²) in [4.78, 5) is 58.1. The van der Waals surface area contributed by atoms with E-state index in [1.165, 1.54) is 12.5 Å². The molecule has 1 fully saturated rings. The number of fused-ring (bicyclic) bond motifs is 1. The van der Waals surface area contributed by atoms with Crippen molar-refractivity contribution in [2.75, 3.05) is 24.1 Å². The fourth-order valence-corrected chi connectivity index (χ4v) is 5.16. The number of amides is 3. The first-order valence-electron chi connectivity index (χ1n) is 9.37. The van der Waals surface area contributed by atoms with Gasteiger partial charge >= 0.3 is 12.1 Å². The molecule has 35 heavy (non-hydrogen) atoms. The number of thioether (sulfide) groups is 1. The van der Waals surface area contributed by atoms with Gasteiger partial charge in [-0.3, -0.25) is 19.3 Å². The summed E-state index contributed by atoms with van der Waals surface area (Å²) < 4.78 is 37.6. The molecule has 11 nitrogen and oxygen atoms in total. The summed E-state index contributed by atoms with van der Waals surface area (Å²) in [6, 6.07) is -1.17. The normalized spacial score (nSPS) is 20.4. The van der Waals surface area contributed by atoms with Crippen molar-refractivity contribution < 1.29 is 42.3 Å². The van der Waals surface area contributed by atoms with Crippen molar-refractivity contribution in [1.82, 2.24) is 15.2 Å². The van der Waals surface area contributed by atoms with Crippen LogP contribution in [0.1, 0.15) is 5.69 Å². The van der Waals surface area contributed by atoms with Gasteiger partial charge in [0.1, 0.15) is 35.8 Å². The fourth-order valence-electron chi connectivity index (χ4n) is 3.06. The molecule has 1 aromatic rings. The highest BCUT2D eigenvalue weighted by Crippen LogP contribution is 2.41. The zero-order chi connectivity index (χ0) is 25.9. The van der Waals surface area contributed by atoms with Crippen molar-refractivity contribution in [3.8, 4) is 0 Å². The largest absolute Gasteiger partial charge is 0.477 e. The highest BCUT2D eigenvalue weighted by atomic mass is 35.5. The zero-order valence-corrected chi connectivity index (χ0v) is 19.8. The lowest BCUT2D eigenvalue weighted by Gasteiger charge is -2.49. The lowest BCUT2D eigenvalue weighted by atomic mass is 10.0. The summed E-state index contributed by atoms with van der Waals surface area (Å²) in [5.74, 6) is -4.25. The summed E-state index contributed by atoms with van der Waals surface area (Å²) in [6.45, 7) is 0. The monoisotopic (exact) mass is 553 g/mol. The molecule has 1 unspecified atom stereocenters. The summed E-state index contributed by atoms with van der Waals surface area (Å²) >= 11 is 7.39. The molecule has 2 aliphatic heterocycles. The first-order chi connectivity index (χ1) is 16.5. The van der Waals surface area contributed by atoms with Gasteiger partial charge in [0, 0.05) is 17.2 Å². The van der Waals surface area contributed by atoms with E-state index in [9.17, 15) is 37.5 Å². The van der Waals surface area contributed by atoms with Crippen LogP contribution in [0.3, 0.4) is 0 Å². The number of β-lactam (4-membered cyclic amide) rings is 1. The van der Waals surface area contributed by atoms with Crippen molar-refractivity contribution >= 4 is 69.2 Å². The molecular weight excluding hydrogens is 539 g/mol. The quantitative estimate of drug-likeness (QED) is 0.190. The predicted molar refractivity (Wildman–Crippen MR) is 120 cm³/mol. The van der Waals surface area contributed by atoms with E-state index in [1.807, 2.05) is 0 Å². The summed E-state index contributed by atoms with van der Waals surface area (Å²) in [6.07, 6.45) is -4.16. The highest BCUT2D eigenvalue weighted by molar-refractivity contribution is 8.00. The van der Waals surface area contributed by atoms with Gasteiger partial charge in [0.05, 0.1) is 0 Å². The molecule has 1 aromatic heterocycles. The van der Waals surface area contributed by atoms with Crippen LogP contribution in [0.5, 0.6) is 0 Å². The second-order valence-corrected chi connectivity index (χ2v) is 8.99. The van der Waals surface area contributed by atoms with E-state index < -0.39 is 47.0 Å². The number of rotatable bonds is 8. The van der Waals surface area contributed by atoms with Gasteiger partial charge in [0.2, 0.25) is 5.91 Å². The maximum absolute atomic E-state index is 12.8. The lowest BCUT2D eigenvalue weighted by Crippen LogP contribution is -2.71. The number of aliphatic carboxylic acids is 1. The minimum absolute atomic E-state index is 0.0184. The molecule has 2 atom stereocenters. The molecule has 1 saturated heterocycles. The molecule has 0 radical (unpaired) electrons. The van der Waals surface area contributed by atoms with Crippen molar-refractivity contribution in [2.24, 2.45) is 5.16 Å². The van der Waals surface area contributed by atoms with Gasteiger partial charge in [-0.2, -0.15) is 13.2 Å². The number of carboxylic acids is 1. The SMILES string of the molecule is CON=C(C(=O)NC1C(=O)N2C(C(=O)O)=C(C=CC(F)(F)F)CS[C@@H]12)c1csc(NC(=O)CCl)n1. The predicted octanol–water partition coefficient (Wildman–Crippen LogP) is 1.53. The number of hydrogen-bond acceptors (Lipinski definition) is 9. The van der Waals surface area contributed by atoms with Gasteiger partial charge in [-0.25, -0.2) is 9.78 Å². The van der Waals surface area contributed by atoms with Gasteiger partial charge in [-0.15, -0.1) is 34.7 Å². The summed E-state index contributed by atoms with van der Waals surface area (Å²) in [5, 5.41) is 18.6. The maximum Gasteiger partial charge on any atom is 0.409 e. The molecular formula is C18H15ClF3N5O6S2. The molecule has 17 heteroatoms. The molecule has 0 aromatic carbocycles. The molecule has 0 bridgehead atoms. The highest BCUT2D eigenvalue weighted by Gasteiger charge is 2.54. The number of carbonyl (C=O) groups is 4.